The molecule has 0 saturated carbocycles. The Balaban J connectivity index is 2.36. The van der Waals surface area contributed by atoms with Gasteiger partial charge in [0, 0.05) is 0 Å². The molecule has 0 atom stereocenters. The van der Waals surface area contributed by atoms with Gasteiger partial charge in [-0.2, -0.15) is 0 Å². The predicted molar refractivity (Wildman–Crippen MR) is 70.1 cm³/mol. The van der Waals surface area contributed by atoms with Crippen molar-refractivity contribution in [1.29, 1.82) is 0 Å². The first kappa shape index (κ1) is 11.6. The molecule has 0 bridgehead atoms. The molecule has 0 spiro atoms. The van der Waals surface area contributed by atoms with E-state index in [0.717, 1.165) is 21.9 Å². The Morgan fingerprint density at radius 3 is 2.59 bits per heavy atom. The number of alkyl halides is 1. The van der Waals surface area contributed by atoms with Crippen molar-refractivity contribution in [3.63, 3.8) is 0 Å². The van der Waals surface area contributed by atoms with Crippen LogP contribution in [0.2, 0.25) is 0 Å². The van der Waals surface area contributed by atoms with Crippen molar-refractivity contribution in [3.05, 3.63) is 48.5 Å². The third-order valence-corrected chi connectivity index (χ3v) is 2.65. The minimum atomic E-state index is -0.466. The second-order valence-corrected chi connectivity index (χ2v) is 4.04. The van der Waals surface area contributed by atoms with Gasteiger partial charge < -0.3 is 4.74 Å². The SMILES string of the molecule is C=C(C)c1ccc2cc(OCCF)ccc2c1. The van der Waals surface area contributed by atoms with Crippen LogP contribution >= 0.6 is 0 Å². The molecule has 0 saturated heterocycles. The van der Waals surface area contributed by atoms with Gasteiger partial charge in [0.15, 0.2) is 0 Å². The number of halogens is 1. The first-order chi connectivity index (χ1) is 8.20. The Morgan fingerprint density at radius 2 is 1.88 bits per heavy atom. The van der Waals surface area contributed by atoms with Gasteiger partial charge >= 0.3 is 0 Å². The fourth-order valence-electron chi connectivity index (χ4n) is 1.74. The van der Waals surface area contributed by atoms with Gasteiger partial charge in [-0.15, -0.1) is 0 Å². The number of rotatable bonds is 4. The topological polar surface area (TPSA) is 9.23 Å². The lowest BCUT2D eigenvalue weighted by Gasteiger charge is -2.07. The smallest absolute Gasteiger partial charge is 0.123 e. The van der Waals surface area contributed by atoms with Crippen molar-refractivity contribution >= 4 is 16.3 Å². The highest BCUT2D eigenvalue weighted by molar-refractivity contribution is 5.87. The summed E-state index contributed by atoms with van der Waals surface area (Å²) in [5, 5.41) is 2.23. The fraction of sp³-hybridized carbons (Fsp3) is 0.200. The molecule has 2 aromatic carbocycles. The number of ether oxygens (including phenoxy) is 1. The fourth-order valence-corrected chi connectivity index (χ4v) is 1.74. The Bertz CT molecular complexity index is 546. The van der Waals surface area contributed by atoms with Crippen LogP contribution in [0.15, 0.2) is 43.0 Å². The Hall–Kier alpha value is -1.83. The van der Waals surface area contributed by atoms with Crippen LogP contribution in [0.3, 0.4) is 0 Å². The maximum Gasteiger partial charge on any atom is 0.123 e. The van der Waals surface area contributed by atoms with E-state index in [1.165, 1.54) is 0 Å². The molecule has 2 heteroatoms. The third kappa shape index (κ3) is 2.64. The van der Waals surface area contributed by atoms with Crippen LogP contribution in [0.25, 0.3) is 16.3 Å². The Kier molecular flexibility index (Phi) is 3.43. The highest BCUT2D eigenvalue weighted by Crippen LogP contribution is 2.24. The van der Waals surface area contributed by atoms with Crippen molar-refractivity contribution in [3.8, 4) is 5.75 Å². The summed E-state index contributed by atoms with van der Waals surface area (Å²) in [5.74, 6) is 0.707. The maximum absolute atomic E-state index is 12.0. The van der Waals surface area contributed by atoms with E-state index in [9.17, 15) is 4.39 Å². The van der Waals surface area contributed by atoms with E-state index in [2.05, 4.69) is 12.6 Å². The lowest BCUT2D eigenvalue weighted by Crippen LogP contribution is -1.98. The Labute approximate surface area is 101 Å². The molecular formula is C15H15FO. The number of benzene rings is 2. The van der Waals surface area contributed by atoms with Crippen LogP contribution in [0.5, 0.6) is 5.75 Å². The normalized spacial score (nSPS) is 10.5. The zero-order valence-electron chi connectivity index (χ0n) is 9.87. The quantitative estimate of drug-likeness (QED) is 0.764. The minimum Gasteiger partial charge on any atom is -0.491 e. The molecule has 0 fully saturated rings. The van der Waals surface area contributed by atoms with Crippen LogP contribution in [0, 0.1) is 0 Å². The molecule has 88 valence electrons. The molecule has 2 aromatic rings. The molecule has 0 aliphatic rings. The van der Waals surface area contributed by atoms with E-state index in [1.807, 2.05) is 37.3 Å². The standard InChI is InChI=1S/C15H15FO/c1-11(2)12-3-4-14-10-15(17-8-7-16)6-5-13(14)9-12/h3-6,9-10H,1,7-8H2,2H3. The molecule has 1 nitrogen and oxygen atoms in total. The van der Waals surface area contributed by atoms with Gasteiger partial charge in [-0.1, -0.05) is 30.4 Å². The van der Waals surface area contributed by atoms with Gasteiger partial charge in [-0.25, -0.2) is 4.39 Å². The summed E-state index contributed by atoms with van der Waals surface area (Å²) in [6.07, 6.45) is 0. The summed E-state index contributed by atoms with van der Waals surface area (Å²) in [7, 11) is 0. The Morgan fingerprint density at radius 1 is 1.18 bits per heavy atom. The first-order valence-corrected chi connectivity index (χ1v) is 5.59. The van der Waals surface area contributed by atoms with E-state index in [4.69, 9.17) is 4.74 Å². The minimum absolute atomic E-state index is 0.107. The lowest BCUT2D eigenvalue weighted by atomic mass is 10.0. The third-order valence-electron chi connectivity index (χ3n) is 2.65. The molecule has 0 unspecified atom stereocenters. The second kappa shape index (κ2) is 5.00. The molecular weight excluding hydrogens is 215 g/mol. The van der Waals surface area contributed by atoms with Gasteiger partial charge in [-0.05, 0) is 41.5 Å². The molecule has 17 heavy (non-hydrogen) atoms. The van der Waals surface area contributed by atoms with Crippen molar-refractivity contribution in [2.24, 2.45) is 0 Å². The molecule has 2 rings (SSSR count). The van der Waals surface area contributed by atoms with Gasteiger partial charge in [0.05, 0.1) is 0 Å². The molecule has 0 radical (unpaired) electrons. The van der Waals surface area contributed by atoms with Crippen LogP contribution in [-0.2, 0) is 0 Å². The highest BCUT2D eigenvalue weighted by atomic mass is 19.1. The zero-order chi connectivity index (χ0) is 12.3. The second-order valence-electron chi connectivity index (χ2n) is 4.04. The van der Waals surface area contributed by atoms with Gasteiger partial charge in [-0.3, -0.25) is 0 Å². The highest BCUT2D eigenvalue weighted by Gasteiger charge is 2.00. The molecule has 0 amide bonds. The van der Waals surface area contributed by atoms with Gasteiger partial charge in [0.1, 0.15) is 19.0 Å². The number of fused-ring (bicyclic) bond motifs is 1. The molecule has 0 heterocycles. The van der Waals surface area contributed by atoms with Crippen molar-refractivity contribution in [1.82, 2.24) is 0 Å². The zero-order valence-corrected chi connectivity index (χ0v) is 9.87. The average Bonchev–Trinajstić information content (AvgIpc) is 2.35. The summed E-state index contributed by atoms with van der Waals surface area (Å²) in [6.45, 7) is 5.55. The summed E-state index contributed by atoms with van der Waals surface area (Å²) in [6, 6.07) is 11.9. The molecule has 0 aliphatic carbocycles. The lowest BCUT2D eigenvalue weighted by molar-refractivity contribution is 0.273. The predicted octanol–water partition coefficient (Wildman–Crippen LogP) is 4.22. The average molecular weight is 230 g/mol. The van der Waals surface area contributed by atoms with E-state index < -0.39 is 6.67 Å². The van der Waals surface area contributed by atoms with E-state index in [1.54, 1.807) is 0 Å². The molecule has 0 aromatic heterocycles. The molecule has 0 N–H and O–H groups in total. The summed E-state index contributed by atoms with van der Waals surface area (Å²) in [5.41, 5.74) is 2.18. The van der Waals surface area contributed by atoms with Crippen LogP contribution in [0.4, 0.5) is 4.39 Å². The number of hydrogen-bond donors (Lipinski definition) is 0. The van der Waals surface area contributed by atoms with Crippen molar-refractivity contribution in [2.45, 2.75) is 6.92 Å². The monoisotopic (exact) mass is 230 g/mol. The number of hydrogen-bond acceptors (Lipinski definition) is 1. The van der Waals surface area contributed by atoms with Crippen LogP contribution in [-0.4, -0.2) is 13.3 Å². The van der Waals surface area contributed by atoms with Gasteiger partial charge in [0.25, 0.3) is 0 Å². The van der Waals surface area contributed by atoms with Crippen LogP contribution < -0.4 is 4.74 Å². The van der Waals surface area contributed by atoms with E-state index >= 15 is 0 Å². The first-order valence-electron chi connectivity index (χ1n) is 5.59. The van der Waals surface area contributed by atoms with Crippen molar-refractivity contribution < 1.29 is 9.13 Å². The van der Waals surface area contributed by atoms with Crippen molar-refractivity contribution in [2.75, 3.05) is 13.3 Å². The van der Waals surface area contributed by atoms with Gasteiger partial charge in [0.2, 0.25) is 0 Å². The van der Waals surface area contributed by atoms with E-state index in [-0.39, 0.29) is 6.61 Å². The largest absolute Gasteiger partial charge is 0.491 e. The number of allylic oxidation sites excluding steroid dienone is 1. The van der Waals surface area contributed by atoms with E-state index in [0.29, 0.717) is 5.75 Å². The molecule has 0 aliphatic heterocycles. The summed E-state index contributed by atoms with van der Waals surface area (Å²) in [4.78, 5) is 0. The summed E-state index contributed by atoms with van der Waals surface area (Å²) >= 11 is 0. The maximum atomic E-state index is 12.0. The van der Waals surface area contributed by atoms with Crippen LogP contribution in [0.1, 0.15) is 12.5 Å². The summed E-state index contributed by atoms with van der Waals surface area (Å²) < 4.78 is 17.2.